The maximum Gasteiger partial charge on any atom is 0.364 e. The summed E-state index contributed by atoms with van der Waals surface area (Å²) >= 11 is 0. The van der Waals surface area contributed by atoms with Gasteiger partial charge in [-0.05, 0) is 55.0 Å². The average Bonchev–Trinajstić information content (AvgIpc) is 2.86. The minimum atomic E-state index is -4.94. The Morgan fingerprint density at radius 1 is 0.629 bits per heavy atom. The van der Waals surface area contributed by atoms with Gasteiger partial charge in [0.05, 0.1) is 29.4 Å². The normalized spacial score (nSPS) is 13.4. The lowest BCUT2D eigenvalue weighted by Gasteiger charge is -2.22. The van der Waals surface area contributed by atoms with Crippen molar-refractivity contribution in [2.75, 3.05) is 7.11 Å². The number of ether oxygens (including phenoxy) is 1. The van der Waals surface area contributed by atoms with E-state index in [1.54, 1.807) is 7.11 Å². The monoisotopic (exact) mass is 490 g/mol. The molecule has 0 amide bonds. The van der Waals surface area contributed by atoms with Crippen molar-refractivity contribution in [3.05, 3.63) is 95.1 Å². The molecule has 2 aliphatic rings. The van der Waals surface area contributed by atoms with Crippen molar-refractivity contribution in [2.24, 2.45) is 0 Å². The van der Waals surface area contributed by atoms with E-state index < -0.39 is 10.2 Å². The van der Waals surface area contributed by atoms with Crippen LogP contribution in [0.4, 0.5) is 0 Å². The molecule has 178 valence electrons. The number of hydrogen-bond acceptors (Lipinski definition) is 5. The first-order chi connectivity index (χ1) is 16.8. The maximum absolute atomic E-state index is 8.49. The zero-order valence-corrected chi connectivity index (χ0v) is 19.8. The lowest BCUT2D eigenvalue weighted by molar-refractivity contribution is -2.00. The molecule has 3 aromatic carbocycles. The van der Waals surface area contributed by atoms with Gasteiger partial charge < -0.3 is 4.74 Å². The van der Waals surface area contributed by atoms with Gasteiger partial charge >= 0.3 is 11.5 Å². The van der Waals surface area contributed by atoms with Crippen molar-refractivity contribution >= 4 is 0 Å². The van der Waals surface area contributed by atoms with Crippen molar-refractivity contribution in [1.29, 1.82) is 0 Å². The second-order valence-corrected chi connectivity index (χ2v) is 9.24. The molecule has 0 atom stereocenters. The van der Waals surface area contributed by atoms with Gasteiger partial charge in [0.25, 0.3) is 0 Å². The molecular weight excluding hydrogens is 468 g/mol. The van der Waals surface area contributed by atoms with E-state index in [9.17, 15) is 0 Å². The summed E-state index contributed by atoms with van der Waals surface area (Å²) in [6.45, 7) is 0. The van der Waals surface area contributed by atoms with Gasteiger partial charge in [0.15, 0.2) is 0 Å². The van der Waals surface area contributed by atoms with Gasteiger partial charge in [0.2, 0.25) is 0 Å². The minimum absolute atomic E-state index is 0.922. The molecule has 4 aromatic rings. The Hall–Kier alpha value is -3.26. The average molecular weight is 491 g/mol. The number of methoxy groups -OCH3 is 1. The molecule has 0 fully saturated rings. The number of para-hydroxylation sites is 1. The van der Waals surface area contributed by atoms with E-state index in [-0.39, 0.29) is 0 Å². The van der Waals surface area contributed by atoms with Gasteiger partial charge in [-0.25, -0.2) is 23.1 Å². The van der Waals surface area contributed by atoms with Crippen LogP contribution in [-0.4, -0.2) is 7.11 Å². The molecule has 6 rings (SSSR count). The lowest BCUT2D eigenvalue weighted by atomic mass is 9.79. The predicted octanol–water partition coefficient (Wildman–Crippen LogP) is 2.01. The molecule has 35 heavy (non-hydrogen) atoms. The highest BCUT2D eigenvalue weighted by Gasteiger charge is 2.38. The van der Waals surface area contributed by atoms with Crippen LogP contribution in [0.25, 0.3) is 33.8 Å². The topological polar surface area (TPSA) is 113 Å². The van der Waals surface area contributed by atoms with Gasteiger partial charge in [-0.3, -0.25) is 0 Å². The zero-order chi connectivity index (χ0) is 24.6. The maximum atomic E-state index is 8.49. The summed E-state index contributed by atoms with van der Waals surface area (Å²) in [6.07, 6.45) is 4.04. The van der Waals surface area contributed by atoms with Gasteiger partial charge in [0, 0.05) is 11.1 Å². The molecule has 0 saturated carbocycles. The Labute approximate surface area is 205 Å². The van der Waals surface area contributed by atoms with Gasteiger partial charge in [0.1, 0.15) is 5.75 Å². The SMILES string of the molecule is COc1ccccc1-c1c2c([o+]c3c1CCc1ccccc1-3)-c1ccccc1CC2.[O-][Cl+3]([O-])([O-])[O-]. The van der Waals surface area contributed by atoms with Gasteiger partial charge in [-0.2, -0.15) is 0 Å². The fourth-order valence-electron chi connectivity index (χ4n) is 5.16. The standard InChI is InChI=1S/C28H23O2.ClHO4/c1-29-25-13-7-6-12-22(25)26-23-16-14-18-8-2-4-10-20(18)27(23)30-28-21-11-5-3-9-19(21)15-17-24(26)28;2-1(3,4)5/h2-13H,14-17H2,1H3;(H,2,3,4,5)/q+1;/p-1. The fraction of sp³-hybridized carbons (Fsp3) is 0.179. The van der Waals surface area contributed by atoms with Crippen molar-refractivity contribution in [3.8, 4) is 39.5 Å². The third-order valence-electron chi connectivity index (χ3n) is 6.54. The molecule has 1 aromatic heterocycles. The summed E-state index contributed by atoms with van der Waals surface area (Å²) in [5, 5.41) is 0. The van der Waals surface area contributed by atoms with Crippen LogP contribution in [0.2, 0.25) is 0 Å². The number of halogens is 1. The van der Waals surface area contributed by atoms with Crippen LogP contribution >= 0.6 is 0 Å². The third kappa shape index (κ3) is 4.67. The summed E-state index contributed by atoms with van der Waals surface area (Å²) in [5.74, 6) is 2.97. The molecule has 0 N–H and O–H groups in total. The van der Waals surface area contributed by atoms with Crippen LogP contribution in [0.15, 0.2) is 77.2 Å². The molecular formula is C28H23ClO6. The van der Waals surface area contributed by atoms with Crippen LogP contribution in [0.3, 0.4) is 0 Å². The molecule has 0 bridgehead atoms. The van der Waals surface area contributed by atoms with Crippen LogP contribution in [0.1, 0.15) is 22.3 Å². The zero-order valence-electron chi connectivity index (χ0n) is 19.1. The van der Waals surface area contributed by atoms with Crippen LogP contribution in [0, 0.1) is 10.2 Å². The molecule has 0 unspecified atom stereocenters. The molecule has 6 nitrogen and oxygen atoms in total. The van der Waals surface area contributed by atoms with E-state index in [0.717, 1.165) is 43.0 Å². The Morgan fingerprint density at radius 3 is 1.54 bits per heavy atom. The van der Waals surface area contributed by atoms with E-state index in [4.69, 9.17) is 27.8 Å². The number of aryl methyl sites for hydroxylation is 2. The first kappa shape index (κ1) is 23.5. The molecule has 0 spiro atoms. The van der Waals surface area contributed by atoms with Gasteiger partial charge in [-0.15, -0.1) is 10.2 Å². The summed E-state index contributed by atoms with van der Waals surface area (Å²) in [4.78, 5) is 0. The Bertz CT molecular complexity index is 1310. The molecule has 2 aliphatic carbocycles. The van der Waals surface area contributed by atoms with Gasteiger partial charge in [-0.1, -0.05) is 54.6 Å². The van der Waals surface area contributed by atoms with Crippen LogP contribution in [0.5, 0.6) is 5.75 Å². The largest absolute Gasteiger partial charge is 0.496 e. The summed E-state index contributed by atoms with van der Waals surface area (Å²) in [6, 6.07) is 25.7. The van der Waals surface area contributed by atoms with Crippen LogP contribution < -0.4 is 23.4 Å². The van der Waals surface area contributed by atoms with Crippen molar-refractivity contribution in [2.45, 2.75) is 25.7 Å². The lowest BCUT2D eigenvalue weighted by Crippen LogP contribution is -2.68. The smallest absolute Gasteiger partial charge is 0.364 e. The summed E-state index contributed by atoms with van der Waals surface area (Å²) < 4.78 is 46.5. The molecule has 7 heteroatoms. The number of fused-ring (bicyclic) bond motifs is 6. The molecule has 0 radical (unpaired) electrons. The second-order valence-electron chi connectivity index (χ2n) is 8.48. The molecule has 0 saturated heterocycles. The number of hydrogen-bond donors (Lipinski definition) is 0. The quantitative estimate of drug-likeness (QED) is 0.397. The highest BCUT2D eigenvalue weighted by atomic mass is 35.7. The first-order valence-electron chi connectivity index (χ1n) is 11.3. The fourth-order valence-corrected chi connectivity index (χ4v) is 5.16. The van der Waals surface area contributed by atoms with E-state index in [1.807, 2.05) is 6.07 Å². The van der Waals surface area contributed by atoms with Crippen LogP contribution in [-0.2, 0) is 25.7 Å². The van der Waals surface area contributed by atoms with E-state index in [1.165, 1.54) is 44.5 Å². The Kier molecular flexibility index (Phi) is 6.32. The second kappa shape index (κ2) is 9.41. The molecule has 0 aliphatic heterocycles. The third-order valence-corrected chi connectivity index (χ3v) is 6.54. The highest BCUT2D eigenvalue weighted by Crippen LogP contribution is 2.48. The number of benzene rings is 3. The van der Waals surface area contributed by atoms with Crippen molar-refractivity contribution in [1.82, 2.24) is 0 Å². The number of rotatable bonds is 2. The van der Waals surface area contributed by atoms with Crippen molar-refractivity contribution < 1.29 is 38.0 Å². The van der Waals surface area contributed by atoms with E-state index >= 15 is 0 Å². The Morgan fingerprint density at radius 2 is 1.06 bits per heavy atom. The predicted molar refractivity (Wildman–Crippen MR) is 121 cm³/mol. The molecule has 1 heterocycles. The summed E-state index contributed by atoms with van der Waals surface area (Å²) in [7, 11) is -3.18. The van der Waals surface area contributed by atoms with E-state index in [2.05, 4.69) is 66.7 Å². The van der Waals surface area contributed by atoms with Crippen molar-refractivity contribution in [3.63, 3.8) is 0 Å². The Balaban J connectivity index is 0.000000464. The highest BCUT2D eigenvalue weighted by molar-refractivity contribution is 5.88. The van der Waals surface area contributed by atoms with E-state index in [0.29, 0.717) is 0 Å². The minimum Gasteiger partial charge on any atom is -0.496 e. The summed E-state index contributed by atoms with van der Waals surface area (Å²) in [5.41, 5.74) is 10.3. The first-order valence-corrected chi connectivity index (χ1v) is 12.5.